The monoisotopic (exact) mass is 943 g/mol. The molecule has 0 aromatic heterocycles. The van der Waals surface area contributed by atoms with Gasteiger partial charge < -0.3 is 32.2 Å². The molecule has 4 bridgehead atoms. The fraction of sp³-hybridized carbons (Fsp3) is 0.0351. The van der Waals surface area contributed by atoms with E-state index in [1.54, 1.807) is 0 Å². The number of aryl methyl sites for hydroxylation is 2. The minimum Gasteiger partial charge on any atom is -1.00 e. The van der Waals surface area contributed by atoms with E-state index < -0.39 is 7.92 Å². The molecule has 12 rings (SSSR count). The van der Waals surface area contributed by atoms with Crippen LogP contribution in [-0.2, 0) is 26.2 Å². The van der Waals surface area contributed by atoms with Crippen LogP contribution in [0.5, 0.6) is 0 Å². The number of hydrogen-bond donors (Lipinski definition) is 0. The summed E-state index contributed by atoms with van der Waals surface area (Å²) >= 11 is 0. The molecule has 2 heterocycles. The minimum atomic E-state index is -0.877. The first kappa shape index (κ1) is 49.0. The first-order valence-corrected chi connectivity index (χ1v) is 21.8. The number of rotatable bonds is 5. The third-order valence-corrected chi connectivity index (χ3v) is 13.9. The molecule has 0 amide bonds. The molecule has 0 aliphatic carbocycles. The van der Waals surface area contributed by atoms with E-state index in [-0.39, 0.29) is 58.4 Å². The minimum absolute atomic E-state index is 0. The molecule has 10 aromatic rings. The van der Waals surface area contributed by atoms with Crippen molar-refractivity contribution in [2.75, 3.05) is 0 Å². The Hall–Kier alpha value is -5.00. The molecule has 0 fully saturated rings. The van der Waals surface area contributed by atoms with Crippen LogP contribution >= 0.6 is 7.92 Å². The van der Waals surface area contributed by atoms with Gasteiger partial charge in [0, 0.05) is 0 Å². The summed E-state index contributed by atoms with van der Waals surface area (Å²) in [6, 6.07) is 79.9. The molecule has 2 aliphatic rings. The molecule has 0 saturated heterocycles. The second-order valence-corrected chi connectivity index (χ2v) is 17.5. The SMILES string of the molecule is Cc1[cH-]c2ccc3c(-c4ccccc4)c2c1[B]3.Cc1[cH-]c2ccc3c(-c4ccccc4)c2c1[B]3.[CH3-].[Cl-].[Cl-].[Zr+2].[c-]1ccccc1.c1ccc([PH+](c2ccccc2)c2ccccc2)cc1. The number of halogens is 2. The number of benzene rings is 8. The Labute approximate surface area is 408 Å². The molecule has 0 N–H and O–H groups in total. The maximum Gasteiger partial charge on any atom is 2.00 e. The van der Waals surface area contributed by atoms with E-state index in [1.807, 2.05) is 30.3 Å². The summed E-state index contributed by atoms with van der Waals surface area (Å²) in [5.41, 5.74) is 13.8. The Kier molecular flexibility index (Phi) is 18.0. The Bertz CT molecular complexity index is 2690. The molecular weight excluding hydrogens is 899 g/mol. The molecule has 2 radical (unpaired) electrons. The summed E-state index contributed by atoms with van der Waals surface area (Å²) in [4.78, 5) is 0. The van der Waals surface area contributed by atoms with Crippen molar-refractivity contribution in [2.24, 2.45) is 0 Å². The van der Waals surface area contributed by atoms with Gasteiger partial charge in [-0.2, -0.15) is 47.3 Å². The van der Waals surface area contributed by atoms with Crippen LogP contribution in [0.4, 0.5) is 0 Å². The predicted molar refractivity (Wildman–Crippen MR) is 268 cm³/mol. The summed E-state index contributed by atoms with van der Waals surface area (Å²) in [6.45, 7) is 4.40. The summed E-state index contributed by atoms with van der Waals surface area (Å²) in [5, 5.41) is 9.92. The largest absolute Gasteiger partial charge is 2.00 e. The zero-order chi connectivity index (χ0) is 40.0. The molecule has 0 spiro atoms. The van der Waals surface area contributed by atoms with Gasteiger partial charge in [-0.3, -0.25) is 0 Å². The molecule has 6 heteroatoms. The van der Waals surface area contributed by atoms with Crippen LogP contribution in [0, 0.1) is 27.3 Å². The van der Waals surface area contributed by atoms with Crippen LogP contribution in [0.1, 0.15) is 11.1 Å². The van der Waals surface area contributed by atoms with Crippen LogP contribution in [0.2, 0.25) is 0 Å². The van der Waals surface area contributed by atoms with Crippen molar-refractivity contribution in [1.82, 2.24) is 0 Å². The van der Waals surface area contributed by atoms with Crippen molar-refractivity contribution in [3.63, 3.8) is 0 Å². The molecule has 10 aromatic carbocycles. The number of hydrogen-bond acceptors (Lipinski definition) is 0. The van der Waals surface area contributed by atoms with Gasteiger partial charge in [-0.05, 0) is 47.5 Å². The van der Waals surface area contributed by atoms with E-state index in [0.717, 1.165) is 0 Å². The average Bonchev–Trinajstić information content (AvgIpc) is 3.99. The standard InChI is InChI=1S/C18H15P.2C16H11B.C6H5.CH3.2ClH.Zr/c1-4-10-16(11-5-1)19(17-12-6-2-7-13-17)18-14-8-3-9-15-18;2*1-10-9-12-7-8-13-14(15(12)16(10)17-13)11-5-3-2-4-6-11;1-2-4-6-5-3-1;;;;/h1-15H;2*2-9H,1H3;1-5H;1H3;2*1H;/q;4*-1;;;+2/p-1. The molecule has 306 valence electrons. The summed E-state index contributed by atoms with van der Waals surface area (Å²) in [6.07, 6.45) is 0. The first-order chi connectivity index (χ1) is 29.1. The fourth-order valence-corrected chi connectivity index (χ4v) is 11.1. The van der Waals surface area contributed by atoms with Crippen LogP contribution in [-0.4, -0.2) is 14.6 Å². The van der Waals surface area contributed by atoms with Crippen LogP contribution in [0.3, 0.4) is 0 Å². The molecule has 0 unspecified atom stereocenters. The molecule has 0 saturated carbocycles. The van der Waals surface area contributed by atoms with E-state index in [2.05, 4.69) is 223 Å². The van der Waals surface area contributed by atoms with E-state index in [0.29, 0.717) is 0 Å². The van der Waals surface area contributed by atoms with Gasteiger partial charge in [0.25, 0.3) is 0 Å². The molecular formula is C57H46B2Cl2PZr-3. The van der Waals surface area contributed by atoms with Gasteiger partial charge in [0.1, 0.15) is 30.5 Å². The molecule has 63 heavy (non-hydrogen) atoms. The Balaban J connectivity index is 0.000000162. The van der Waals surface area contributed by atoms with Crippen LogP contribution < -0.4 is 62.6 Å². The normalized spacial score (nSPS) is 10.6. The van der Waals surface area contributed by atoms with Gasteiger partial charge in [0.05, 0.1) is 7.92 Å². The smallest absolute Gasteiger partial charge is 1.00 e. The Morgan fingerprint density at radius 2 is 0.730 bits per heavy atom. The van der Waals surface area contributed by atoms with Gasteiger partial charge in [-0.15, -0.1) is 80.0 Å². The van der Waals surface area contributed by atoms with Crippen molar-refractivity contribution >= 4 is 81.8 Å². The molecule has 2 aliphatic heterocycles. The quantitative estimate of drug-likeness (QED) is 0.139. The van der Waals surface area contributed by atoms with Gasteiger partial charge in [0.15, 0.2) is 0 Å². The van der Waals surface area contributed by atoms with Gasteiger partial charge >= 0.3 is 26.2 Å². The zero-order valence-corrected chi connectivity index (χ0v) is 40.7. The summed E-state index contributed by atoms with van der Waals surface area (Å²) < 4.78 is 0. The van der Waals surface area contributed by atoms with Crippen molar-refractivity contribution in [3.8, 4) is 22.3 Å². The van der Waals surface area contributed by atoms with Gasteiger partial charge in [-0.25, -0.2) is 0 Å². The van der Waals surface area contributed by atoms with Gasteiger partial charge in [0.2, 0.25) is 0 Å². The second kappa shape index (κ2) is 23.1. The second-order valence-electron chi connectivity index (χ2n) is 15.0. The Morgan fingerprint density at radius 1 is 0.413 bits per heavy atom. The topological polar surface area (TPSA) is 0 Å². The predicted octanol–water partition coefficient (Wildman–Crippen LogP) is 4.12. The number of fused-ring (bicyclic) bond motifs is 2. The average molecular weight is 946 g/mol. The summed E-state index contributed by atoms with van der Waals surface area (Å²) in [7, 11) is 3.76. The summed E-state index contributed by atoms with van der Waals surface area (Å²) in [5.74, 6) is 0. The maximum absolute atomic E-state index is 2.89. The Morgan fingerprint density at radius 3 is 1.03 bits per heavy atom. The van der Waals surface area contributed by atoms with Crippen LogP contribution in [0.25, 0.3) is 43.8 Å². The van der Waals surface area contributed by atoms with E-state index >= 15 is 0 Å². The van der Waals surface area contributed by atoms with Crippen molar-refractivity contribution in [1.29, 1.82) is 0 Å². The zero-order valence-electron chi connectivity index (χ0n) is 35.7. The van der Waals surface area contributed by atoms with Crippen molar-refractivity contribution < 1.29 is 51.0 Å². The van der Waals surface area contributed by atoms with E-state index in [4.69, 9.17) is 0 Å². The fourth-order valence-electron chi connectivity index (χ4n) is 8.52. The third kappa shape index (κ3) is 10.7. The third-order valence-electron chi connectivity index (χ3n) is 11.2. The van der Waals surface area contributed by atoms with E-state index in [9.17, 15) is 0 Å². The van der Waals surface area contributed by atoms with Gasteiger partial charge in [-0.1, -0.05) is 140 Å². The van der Waals surface area contributed by atoms with Crippen molar-refractivity contribution in [3.05, 3.63) is 243 Å². The molecule has 0 atom stereocenters. The van der Waals surface area contributed by atoms with E-state index in [1.165, 1.54) is 92.7 Å². The molecule has 0 nitrogen and oxygen atoms in total. The van der Waals surface area contributed by atoms with Crippen molar-refractivity contribution in [2.45, 2.75) is 13.8 Å². The van der Waals surface area contributed by atoms with Crippen LogP contribution in [0.15, 0.2) is 218 Å². The maximum atomic E-state index is 2.89. The first-order valence-electron chi connectivity index (χ1n) is 20.3.